The SMILES string of the molecule is N#Cc1cc2c(nc1NC1C(N)C3CCOC31)CCC2. The number of ether oxygens (including phenoxy) is 1. The van der Waals surface area contributed by atoms with Crippen LogP contribution in [-0.4, -0.2) is 29.8 Å². The van der Waals surface area contributed by atoms with Gasteiger partial charge in [-0.2, -0.15) is 5.26 Å². The first kappa shape index (κ1) is 12.1. The van der Waals surface area contributed by atoms with Crippen molar-refractivity contribution >= 4 is 5.82 Å². The first-order valence-electron chi connectivity index (χ1n) is 7.34. The molecule has 2 aliphatic carbocycles. The van der Waals surface area contributed by atoms with E-state index in [9.17, 15) is 5.26 Å². The highest BCUT2D eigenvalue weighted by atomic mass is 16.5. The third kappa shape index (κ3) is 1.65. The third-order valence-corrected chi connectivity index (χ3v) is 4.92. The Kier molecular flexibility index (Phi) is 2.69. The second-order valence-corrected chi connectivity index (χ2v) is 5.99. The first-order chi connectivity index (χ1) is 9.78. The van der Waals surface area contributed by atoms with E-state index < -0.39 is 0 Å². The van der Waals surface area contributed by atoms with Crippen molar-refractivity contribution in [1.82, 2.24) is 4.98 Å². The number of nitrogens with two attached hydrogens (primary N) is 1. The molecule has 0 radical (unpaired) electrons. The maximum atomic E-state index is 9.31. The summed E-state index contributed by atoms with van der Waals surface area (Å²) >= 11 is 0. The Balaban J connectivity index is 1.61. The average Bonchev–Trinajstić information content (AvgIpc) is 3.09. The van der Waals surface area contributed by atoms with Gasteiger partial charge in [0.15, 0.2) is 0 Å². The van der Waals surface area contributed by atoms with Crippen LogP contribution in [-0.2, 0) is 17.6 Å². The average molecular weight is 270 g/mol. The van der Waals surface area contributed by atoms with E-state index in [1.807, 2.05) is 6.07 Å². The summed E-state index contributed by atoms with van der Waals surface area (Å²) in [5, 5.41) is 12.7. The Morgan fingerprint density at radius 3 is 3.20 bits per heavy atom. The normalized spacial score (nSPS) is 34.0. The van der Waals surface area contributed by atoms with Crippen LogP contribution in [0.5, 0.6) is 0 Å². The van der Waals surface area contributed by atoms with Crippen LogP contribution in [0.3, 0.4) is 0 Å². The van der Waals surface area contributed by atoms with Gasteiger partial charge in [0.1, 0.15) is 11.9 Å². The largest absolute Gasteiger partial charge is 0.376 e. The number of fused-ring (bicyclic) bond motifs is 2. The second kappa shape index (κ2) is 4.44. The molecule has 0 bridgehead atoms. The highest BCUT2D eigenvalue weighted by molar-refractivity contribution is 5.56. The Hall–Kier alpha value is -1.64. The number of aromatic nitrogens is 1. The summed E-state index contributed by atoms with van der Waals surface area (Å²) < 4.78 is 5.72. The third-order valence-electron chi connectivity index (χ3n) is 4.92. The zero-order valence-electron chi connectivity index (χ0n) is 11.3. The van der Waals surface area contributed by atoms with Crippen LogP contribution in [0.15, 0.2) is 6.07 Å². The number of rotatable bonds is 2. The van der Waals surface area contributed by atoms with Gasteiger partial charge in [-0.25, -0.2) is 4.98 Å². The van der Waals surface area contributed by atoms with Gasteiger partial charge in [-0.05, 0) is 37.3 Å². The number of hydrogen-bond acceptors (Lipinski definition) is 5. The summed E-state index contributed by atoms with van der Waals surface area (Å²) in [5.74, 6) is 1.15. The van der Waals surface area contributed by atoms with Crippen molar-refractivity contribution in [3.63, 3.8) is 0 Å². The Morgan fingerprint density at radius 1 is 1.45 bits per heavy atom. The lowest BCUT2D eigenvalue weighted by Crippen LogP contribution is -2.65. The molecule has 0 aromatic carbocycles. The molecule has 4 rings (SSSR count). The molecule has 1 aromatic heterocycles. The van der Waals surface area contributed by atoms with Gasteiger partial charge in [0.25, 0.3) is 0 Å². The Morgan fingerprint density at radius 2 is 2.35 bits per heavy atom. The van der Waals surface area contributed by atoms with Crippen LogP contribution >= 0.6 is 0 Å². The molecular weight excluding hydrogens is 252 g/mol. The van der Waals surface area contributed by atoms with Crippen molar-refractivity contribution in [2.24, 2.45) is 11.7 Å². The van der Waals surface area contributed by atoms with Crippen LogP contribution in [0.2, 0.25) is 0 Å². The predicted molar refractivity (Wildman–Crippen MR) is 74.2 cm³/mol. The Labute approximate surface area is 118 Å². The molecule has 1 aromatic rings. The van der Waals surface area contributed by atoms with Crippen molar-refractivity contribution in [1.29, 1.82) is 5.26 Å². The monoisotopic (exact) mass is 270 g/mol. The fraction of sp³-hybridized carbons (Fsp3) is 0.600. The molecule has 1 saturated carbocycles. The molecular formula is C15H18N4O. The number of anilines is 1. The summed E-state index contributed by atoms with van der Waals surface area (Å²) in [6, 6.07) is 4.41. The van der Waals surface area contributed by atoms with Gasteiger partial charge in [-0.15, -0.1) is 0 Å². The molecule has 3 aliphatic rings. The molecule has 2 fully saturated rings. The highest BCUT2D eigenvalue weighted by Gasteiger charge is 2.52. The summed E-state index contributed by atoms with van der Waals surface area (Å²) in [6.45, 7) is 0.796. The minimum Gasteiger partial charge on any atom is -0.376 e. The van der Waals surface area contributed by atoms with Gasteiger partial charge in [0.2, 0.25) is 0 Å². The second-order valence-electron chi connectivity index (χ2n) is 5.99. The fourth-order valence-corrected chi connectivity index (χ4v) is 3.75. The van der Waals surface area contributed by atoms with Crippen molar-refractivity contribution in [2.75, 3.05) is 11.9 Å². The minimum absolute atomic E-state index is 0.0848. The number of aryl methyl sites for hydroxylation is 2. The number of nitrogens with one attached hydrogen (secondary N) is 1. The minimum atomic E-state index is 0.0848. The molecule has 2 heterocycles. The number of hydrogen-bond donors (Lipinski definition) is 2. The van der Waals surface area contributed by atoms with Crippen LogP contribution in [0.25, 0.3) is 0 Å². The van der Waals surface area contributed by atoms with E-state index in [4.69, 9.17) is 10.5 Å². The standard InChI is InChI=1S/C15H18N4O/c16-7-9-6-8-2-1-3-11(8)18-15(9)19-13-12(17)10-4-5-20-14(10)13/h6,10,12-14H,1-5,17H2,(H,18,19). The first-order valence-corrected chi connectivity index (χ1v) is 7.34. The van der Waals surface area contributed by atoms with Crippen molar-refractivity contribution in [2.45, 2.75) is 43.9 Å². The van der Waals surface area contributed by atoms with Crippen LogP contribution < -0.4 is 11.1 Å². The summed E-state index contributed by atoms with van der Waals surface area (Å²) in [5.41, 5.74) is 9.18. The lowest BCUT2D eigenvalue weighted by molar-refractivity contribution is 0.00523. The van der Waals surface area contributed by atoms with E-state index in [-0.39, 0.29) is 18.2 Å². The number of pyridine rings is 1. The smallest absolute Gasteiger partial charge is 0.144 e. The van der Waals surface area contributed by atoms with Crippen LogP contribution in [0, 0.1) is 17.2 Å². The summed E-state index contributed by atoms with van der Waals surface area (Å²) in [7, 11) is 0. The summed E-state index contributed by atoms with van der Waals surface area (Å²) in [4.78, 5) is 4.65. The number of nitriles is 1. The number of nitrogens with zero attached hydrogens (tertiary/aromatic N) is 2. The molecule has 20 heavy (non-hydrogen) atoms. The van der Waals surface area contributed by atoms with E-state index in [0.29, 0.717) is 17.3 Å². The maximum absolute atomic E-state index is 9.31. The van der Waals surface area contributed by atoms with Crippen molar-refractivity contribution < 1.29 is 4.74 Å². The van der Waals surface area contributed by atoms with Crippen molar-refractivity contribution in [3.8, 4) is 6.07 Å². The van der Waals surface area contributed by atoms with Gasteiger partial charge in [0, 0.05) is 24.3 Å². The Bertz CT molecular complexity index is 594. The van der Waals surface area contributed by atoms with Crippen LogP contribution in [0.4, 0.5) is 5.82 Å². The molecule has 104 valence electrons. The molecule has 0 spiro atoms. The predicted octanol–water partition coefficient (Wildman–Crippen LogP) is 0.968. The molecule has 4 atom stereocenters. The molecule has 0 amide bonds. The van der Waals surface area contributed by atoms with Gasteiger partial charge in [0.05, 0.1) is 17.7 Å². The lowest BCUT2D eigenvalue weighted by atomic mass is 9.72. The van der Waals surface area contributed by atoms with Gasteiger partial charge >= 0.3 is 0 Å². The summed E-state index contributed by atoms with van der Waals surface area (Å²) in [6.07, 6.45) is 4.41. The van der Waals surface area contributed by atoms with E-state index in [0.717, 1.165) is 38.0 Å². The van der Waals surface area contributed by atoms with E-state index in [2.05, 4.69) is 16.4 Å². The van der Waals surface area contributed by atoms with E-state index in [1.165, 1.54) is 5.56 Å². The molecule has 3 N–H and O–H groups in total. The van der Waals surface area contributed by atoms with Gasteiger partial charge in [-0.3, -0.25) is 0 Å². The van der Waals surface area contributed by atoms with Gasteiger partial charge < -0.3 is 15.8 Å². The molecule has 5 heteroatoms. The van der Waals surface area contributed by atoms with Gasteiger partial charge in [-0.1, -0.05) is 0 Å². The lowest BCUT2D eigenvalue weighted by Gasteiger charge is -2.46. The van der Waals surface area contributed by atoms with Crippen LogP contribution in [0.1, 0.15) is 29.7 Å². The quantitative estimate of drug-likeness (QED) is 0.836. The molecule has 5 nitrogen and oxygen atoms in total. The zero-order chi connectivity index (χ0) is 13.7. The zero-order valence-corrected chi connectivity index (χ0v) is 11.3. The maximum Gasteiger partial charge on any atom is 0.144 e. The van der Waals surface area contributed by atoms with Crippen molar-refractivity contribution in [3.05, 3.63) is 22.9 Å². The molecule has 1 aliphatic heterocycles. The molecule has 4 unspecified atom stereocenters. The topological polar surface area (TPSA) is 84.0 Å². The fourth-order valence-electron chi connectivity index (χ4n) is 3.75. The van der Waals surface area contributed by atoms with E-state index in [1.54, 1.807) is 0 Å². The highest BCUT2D eigenvalue weighted by Crippen LogP contribution is 2.39. The molecule has 1 saturated heterocycles. The van der Waals surface area contributed by atoms with E-state index >= 15 is 0 Å².